The standard InChI is InChI=1S/C34H32N4O4.Ag/c1-7-21-17(3)25-13-26-19(5)23(9-11-33(39)40)31(37-26)16-32-24(10-12-34(41)42)20(6)28(38-32)15-30-22(8-2)18(4)27(36-30)14-29(21)35-25;/h7-8,13-16H,1-2,9-12H2,3-6H3,(H,39,40)(H,41,42);/q-4;/b25-13-,26-13?,27-14?,28-15-,29-14-,30-15?,31-16?,32-16-;. The van der Waals surface area contributed by atoms with Crippen molar-refractivity contribution in [3.63, 3.8) is 0 Å². The molecule has 1 aliphatic heterocycles. The van der Waals surface area contributed by atoms with Gasteiger partial charge >= 0.3 is 11.9 Å². The molecule has 0 aliphatic carbocycles. The van der Waals surface area contributed by atoms with Crippen LogP contribution in [-0.4, -0.2) is 22.2 Å². The van der Waals surface area contributed by atoms with Gasteiger partial charge in [0.25, 0.3) is 0 Å². The van der Waals surface area contributed by atoms with E-state index in [9.17, 15) is 19.8 Å². The van der Waals surface area contributed by atoms with Gasteiger partial charge in [-0.1, -0.05) is 83.0 Å². The molecule has 4 aromatic heterocycles. The van der Waals surface area contributed by atoms with Crippen molar-refractivity contribution in [2.75, 3.05) is 0 Å². The molecule has 8 nitrogen and oxygen atoms in total. The van der Waals surface area contributed by atoms with Gasteiger partial charge in [-0.15, -0.1) is 44.2 Å². The molecular formula is C34H32AgN4O4-4. The van der Waals surface area contributed by atoms with E-state index in [0.29, 0.717) is 40.6 Å². The summed E-state index contributed by atoms with van der Waals surface area (Å²) in [4.78, 5) is 42.7. The molecule has 1 aliphatic rings. The number of nitrogens with zero attached hydrogens (tertiary/aromatic N) is 4. The Morgan fingerprint density at radius 2 is 1.09 bits per heavy atom. The fourth-order valence-electron chi connectivity index (χ4n) is 5.61. The summed E-state index contributed by atoms with van der Waals surface area (Å²) in [5, 5.41) is 21.7. The van der Waals surface area contributed by atoms with Gasteiger partial charge in [0.15, 0.2) is 0 Å². The van der Waals surface area contributed by atoms with Crippen LogP contribution in [0.15, 0.2) is 13.2 Å². The number of rotatable bonds is 8. The molecule has 0 saturated carbocycles. The van der Waals surface area contributed by atoms with E-state index < -0.39 is 11.9 Å². The van der Waals surface area contributed by atoms with Crippen molar-refractivity contribution in [2.24, 2.45) is 0 Å². The number of aliphatic carboxylic acids is 2. The van der Waals surface area contributed by atoms with Crippen molar-refractivity contribution in [3.8, 4) is 0 Å². The molecule has 0 spiro atoms. The van der Waals surface area contributed by atoms with Crippen LogP contribution in [0, 0.1) is 27.7 Å². The van der Waals surface area contributed by atoms with Gasteiger partial charge in [0, 0.05) is 35.2 Å². The van der Waals surface area contributed by atoms with Gasteiger partial charge in [-0.05, 0) is 51.7 Å². The molecule has 4 aromatic rings. The van der Waals surface area contributed by atoms with Crippen LogP contribution < -0.4 is 41.3 Å². The Bertz CT molecular complexity index is 2030. The molecule has 227 valence electrons. The minimum absolute atomic E-state index is 0. The number of hydrogen-bond donors (Lipinski definition) is 2. The van der Waals surface area contributed by atoms with Crippen LogP contribution in [0.3, 0.4) is 0 Å². The van der Waals surface area contributed by atoms with E-state index in [-0.39, 0.29) is 35.2 Å². The van der Waals surface area contributed by atoms with Gasteiger partial charge in [0.2, 0.25) is 0 Å². The van der Waals surface area contributed by atoms with Crippen LogP contribution in [0.1, 0.15) is 80.1 Å². The molecule has 0 atom stereocenters. The van der Waals surface area contributed by atoms with Crippen molar-refractivity contribution in [2.45, 2.75) is 53.4 Å². The van der Waals surface area contributed by atoms with E-state index in [0.717, 1.165) is 60.9 Å². The monoisotopic (exact) mass is 667 g/mol. The molecule has 43 heavy (non-hydrogen) atoms. The maximum Gasteiger partial charge on any atom is 0.303 e. The van der Waals surface area contributed by atoms with Crippen LogP contribution in [-0.2, 0) is 44.8 Å². The minimum atomic E-state index is -0.898. The fourth-order valence-corrected chi connectivity index (χ4v) is 5.61. The Balaban J connectivity index is 0.00000423. The van der Waals surface area contributed by atoms with Crippen molar-refractivity contribution in [1.82, 2.24) is 19.9 Å². The Labute approximate surface area is 264 Å². The second kappa shape index (κ2) is 12.6. The van der Waals surface area contributed by atoms with Crippen molar-refractivity contribution >= 4 is 48.4 Å². The molecule has 1 radical (unpaired) electrons. The normalized spacial score (nSPS) is 15.0. The molecule has 2 N–H and O–H groups in total. The second-order valence-electron chi connectivity index (χ2n) is 10.6. The molecule has 0 amide bonds. The van der Waals surface area contributed by atoms with E-state index in [4.69, 9.17) is 19.9 Å². The summed E-state index contributed by atoms with van der Waals surface area (Å²) in [7, 11) is 0. The largest absolute Gasteiger partial charge is 0.657 e. The Kier molecular flexibility index (Phi) is 9.25. The number of fused-ring (bicyclic) bond motifs is 8. The average Bonchev–Trinajstić information content (AvgIpc) is 3.59. The van der Waals surface area contributed by atoms with Gasteiger partial charge in [0.05, 0.1) is 0 Å². The third kappa shape index (κ3) is 5.99. The molecule has 9 heteroatoms. The van der Waals surface area contributed by atoms with Gasteiger partial charge in [-0.2, -0.15) is 0 Å². The first kappa shape index (κ1) is 31.7. The summed E-state index contributed by atoms with van der Waals surface area (Å²) in [6.07, 6.45) is 11.7. The second-order valence-corrected chi connectivity index (χ2v) is 10.6. The van der Waals surface area contributed by atoms with E-state index >= 15 is 0 Å². The SMILES string of the molecule is C=Cc1c2[n-]c(c1C)/C=c1\[n-]/c(c(C)c1C=C)=C\c1[n-]c(c(CCC(=O)O)c1C)/C=c1\[n-]/c(c(C)c1CCC(=O)O)=C\2.[Ag]. The van der Waals surface area contributed by atoms with Crippen LogP contribution >= 0.6 is 0 Å². The van der Waals surface area contributed by atoms with Crippen molar-refractivity contribution < 1.29 is 42.2 Å². The predicted molar refractivity (Wildman–Crippen MR) is 163 cm³/mol. The molecule has 5 rings (SSSR count). The predicted octanol–water partition coefficient (Wildman–Crippen LogP) is 1.70. The summed E-state index contributed by atoms with van der Waals surface area (Å²) in [5.41, 5.74) is 9.84. The number of carbonyl (C=O) groups is 2. The number of carboxylic acids is 2. The zero-order chi connectivity index (χ0) is 30.3. The summed E-state index contributed by atoms with van der Waals surface area (Å²) in [6, 6.07) is 0. The topological polar surface area (TPSA) is 131 Å². The van der Waals surface area contributed by atoms with Gasteiger partial charge in [-0.25, -0.2) is 0 Å². The zero-order valence-electron chi connectivity index (χ0n) is 24.5. The number of carboxylic acid groups (broad SMARTS) is 2. The first-order chi connectivity index (χ1) is 20.0. The van der Waals surface area contributed by atoms with Gasteiger partial charge in [0.1, 0.15) is 0 Å². The number of aromatic nitrogens is 4. The van der Waals surface area contributed by atoms with Crippen LogP contribution in [0.25, 0.3) is 36.5 Å². The number of hydrogen-bond acceptors (Lipinski definition) is 2. The van der Waals surface area contributed by atoms with E-state index in [1.165, 1.54) is 0 Å². The summed E-state index contributed by atoms with van der Waals surface area (Å²) in [5.74, 6) is -1.80. The molecule has 5 heterocycles. The third-order valence-corrected chi connectivity index (χ3v) is 8.06. The van der Waals surface area contributed by atoms with E-state index in [1.54, 1.807) is 12.2 Å². The van der Waals surface area contributed by atoms with Crippen molar-refractivity contribution in [1.29, 1.82) is 0 Å². The molecular weight excluding hydrogens is 636 g/mol. The van der Waals surface area contributed by atoms with E-state index in [1.807, 2.05) is 52.0 Å². The average molecular weight is 669 g/mol. The minimum Gasteiger partial charge on any atom is -0.657 e. The fraction of sp³-hybridized carbons (Fsp3) is 0.235. The summed E-state index contributed by atoms with van der Waals surface area (Å²) in [6.45, 7) is 15.9. The van der Waals surface area contributed by atoms with Crippen molar-refractivity contribution in [3.05, 3.63) is 102 Å². The zero-order valence-corrected chi connectivity index (χ0v) is 26.0. The quantitative estimate of drug-likeness (QED) is 0.239. The molecule has 8 bridgehead atoms. The van der Waals surface area contributed by atoms with Crippen LogP contribution in [0.5, 0.6) is 0 Å². The summed E-state index contributed by atoms with van der Waals surface area (Å²) >= 11 is 0. The van der Waals surface area contributed by atoms with E-state index in [2.05, 4.69) is 13.2 Å². The van der Waals surface area contributed by atoms with Crippen LogP contribution in [0.2, 0.25) is 0 Å². The summed E-state index contributed by atoms with van der Waals surface area (Å²) < 4.78 is 0. The van der Waals surface area contributed by atoms with Crippen LogP contribution in [0.4, 0.5) is 0 Å². The Hall–Kier alpha value is -4.24. The molecule has 0 unspecified atom stereocenters. The first-order valence-corrected chi connectivity index (χ1v) is 13.8. The Morgan fingerprint density at radius 1 is 0.605 bits per heavy atom. The first-order valence-electron chi connectivity index (χ1n) is 13.8. The smallest absolute Gasteiger partial charge is 0.303 e. The molecule has 0 aromatic carbocycles. The van der Waals surface area contributed by atoms with Gasteiger partial charge in [-0.3, -0.25) is 9.59 Å². The third-order valence-electron chi connectivity index (χ3n) is 8.06. The van der Waals surface area contributed by atoms with Gasteiger partial charge < -0.3 is 30.1 Å². The molecule has 0 saturated heterocycles. The maximum atomic E-state index is 11.5. The maximum absolute atomic E-state index is 11.5. The Morgan fingerprint density at radius 3 is 1.72 bits per heavy atom. The molecule has 0 fully saturated rings.